The zero-order valence-electron chi connectivity index (χ0n) is 10.6. The molecule has 0 saturated heterocycles. The first-order chi connectivity index (χ1) is 7.68. The van der Waals surface area contributed by atoms with E-state index in [-0.39, 0.29) is 5.57 Å². The summed E-state index contributed by atoms with van der Waals surface area (Å²) in [7, 11) is 0. The predicted octanol–water partition coefficient (Wildman–Crippen LogP) is 3.21. The molecule has 0 N–H and O–H groups in total. The Morgan fingerprint density at radius 3 is 1.81 bits per heavy atom. The lowest BCUT2D eigenvalue weighted by Crippen LogP contribution is -2.23. The van der Waals surface area contributed by atoms with Crippen LogP contribution in [0.1, 0.15) is 71.1 Å². The number of carboxylic acids is 1. The van der Waals surface area contributed by atoms with Gasteiger partial charge < -0.3 is 9.90 Å². The van der Waals surface area contributed by atoms with Crippen LogP contribution < -0.4 is 5.11 Å². The minimum atomic E-state index is -1.10. The third-order valence-corrected chi connectivity index (χ3v) is 2.87. The lowest BCUT2D eigenvalue weighted by molar-refractivity contribution is -0.299. The van der Waals surface area contributed by atoms with Gasteiger partial charge >= 0.3 is 0 Å². The number of carbonyl (C=O) groups excluding carboxylic acids is 1. The number of hydrogen-bond donors (Lipinski definition) is 0. The second-order valence-electron chi connectivity index (χ2n) is 4.47. The van der Waals surface area contributed by atoms with Crippen molar-refractivity contribution in [3.8, 4) is 0 Å². The number of aliphatic carboxylic acids is 1. The van der Waals surface area contributed by atoms with Crippen molar-refractivity contribution in [3.05, 3.63) is 12.2 Å². The molecule has 0 unspecified atom stereocenters. The molecule has 0 spiro atoms. The van der Waals surface area contributed by atoms with Gasteiger partial charge in [-0.2, -0.15) is 0 Å². The topological polar surface area (TPSA) is 40.1 Å². The first-order valence-electron chi connectivity index (χ1n) is 6.57. The average molecular weight is 225 g/mol. The van der Waals surface area contributed by atoms with Crippen LogP contribution in [-0.2, 0) is 4.79 Å². The van der Waals surface area contributed by atoms with Gasteiger partial charge in [0.25, 0.3) is 0 Å². The van der Waals surface area contributed by atoms with Crippen molar-refractivity contribution in [1.29, 1.82) is 0 Å². The number of hydrogen-bond acceptors (Lipinski definition) is 2. The minimum Gasteiger partial charge on any atom is -0.545 e. The van der Waals surface area contributed by atoms with Gasteiger partial charge in [0.15, 0.2) is 0 Å². The lowest BCUT2D eigenvalue weighted by atomic mass is 10.0. The minimum absolute atomic E-state index is 0.239. The van der Waals surface area contributed by atoms with Crippen LogP contribution in [0.3, 0.4) is 0 Å². The molecule has 0 saturated carbocycles. The third-order valence-electron chi connectivity index (χ3n) is 2.87. The van der Waals surface area contributed by atoms with Crippen LogP contribution >= 0.6 is 0 Å². The Hall–Kier alpha value is -0.790. The van der Waals surface area contributed by atoms with E-state index < -0.39 is 5.97 Å². The van der Waals surface area contributed by atoms with Gasteiger partial charge in [0.2, 0.25) is 0 Å². The highest BCUT2D eigenvalue weighted by Crippen LogP contribution is 2.12. The second-order valence-corrected chi connectivity index (χ2v) is 4.47. The number of unbranched alkanes of at least 4 members (excludes halogenated alkanes) is 8. The summed E-state index contributed by atoms with van der Waals surface area (Å²) in [5.41, 5.74) is 0.239. The molecule has 0 radical (unpaired) electrons. The first kappa shape index (κ1) is 15.2. The smallest absolute Gasteiger partial charge is 0.0668 e. The fourth-order valence-corrected chi connectivity index (χ4v) is 1.75. The molecule has 0 aliphatic heterocycles. The molecule has 0 aromatic rings. The van der Waals surface area contributed by atoms with Crippen LogP contribution in [0.5, 0.6) is 0 Å². The third kappa shape index (κ3) is 9.75. The Labute approximate surface area is 99.7 Å². The van der Waals surface area contributed by atoms with E-state index in [4.69, 9.17) is 0 Å². The molecule has 0 aromatic carbocycles. The molecule has 0 fully saturated rings. The van der Waals surface area contributed by atoms with Crippen molar-refractivity contribution in [2.45, 2.75) is 71.1 Å². The van der Waals surface area contributed by atoms with Gasteiger partial charge in [-0.15, -0.1) is 0 Å². The van der Waals surface area contributed by atoms with E-state index in [9.17, 15) is 9.90 Å². The van der Waals surface area contributed by atoms with Gasteiger partial charge in [-0.1, -0.05) is 64.9 Å². The normalized spacial score (nSPS) is 10.3. The highest BCUT2D eigenvalue weighted by atomic mass is 16.4. The van der Waals surface area contributed by atoms with Crippen molar-refractivity contribution < 1.29 is 9.90 Å². The van der Waals surface area contributed by atoms with Crippen LogP contribution in [0.2, 0.25) is 0 Å². The molecule has 0 aliphatic carbocycles. The molecule has 0 aromatic heterocycles. The van der Waals surface area contributed by atoms with E-state index in [1.807, 2.05) is 0 Å². The van der Waals surface area contributed by atoms with Crippen LogP contribution in [0.4, 0.5) is 0 Å². The van der Waals surface area contributed by atoms with E-state index in [2.05, 4.69) is 13.5 Å². The molecular formula is C14H25O2-. The maximum Gasteiger partial charge on any atom is 0.0668 e. The van der Waals surface area contributed by atoms with Crippen molar-refractivity contribution in [1.82, 2.24) is 0 Å². The Kier molecular flexibility index (Phi) is 10.2. The molecule has 0 amide bonds. The molecule has 0 heterocycles. The molecule has 0 atom stereocenters. The van der Waals surface area contributed by atoms with Crippen LogP contribution in [0.25, 0.3) is 0 Å². The number of carboxylic acid groups (broad SMARTS) is 1. The predicted molar refractivity (Wildman–Crippen MR) is 66.0 cm³/mol. The molecule has 94 valence electrons. The lowest BCUT2D eigenvalue weighted by Gasteiger charge is -2.05. The highest BCUT2D eigenvalue weighted by Gasteiger charge is 1.95. The van der Waals surface area contributed by atoms with E-state index in [1.54, 1.807) is 0 Å². The summed E-state index contributed by atoms with van der Waals surface area (Å²) in [5, 5.41) is 10.4. The summed E-state index contributed by atoms with van der Waals surface area (Å²) in [6.45, 7) is 5.69. The number of carbonyl (C=O) groups is 1. The quantitative estimate of drug-likeness (QED) is 0.400. The van der Waals surface area contributed by atoms with Crippen molar-refractivity contribution >= 4 is 5.97 Å². The zero-order chi connectivity index (χ0) is 12.2. The Balaban J connectivity index is 3.10. The summed E-state index contributed by atoms with van der Waals surface area (Å²) in [6.07, 6.45) is 11.8. The van der Waals surface area contributed by atoms with Gasteiger partial charge in [-0.25, -0.2) is 0 Å². The van der Waals surface area contributed by atoms with E-state index in [1.165, 1.54) is 44.9 Å². The summed E-state index contributed by atoms with van der Waals surface area (Å²) < 4.78 is 0. The summed E-state index contributed by atoms with van der Waals surface area (Å²) in [4.78, 5) is 10.4. The molecular weight excluding hydrogens is 200 g/mol. The summed E-state index contributed by atoms with van der Waals surface area (Å²) in [6, 6.07) is 0. The van der Waals surface area contributed by atoms with Crippen LogP contribution in [0, 0.1) is 0 Å². The fourth-order valence-electron chi connectivity index (χ4n) is 1.75. The van der Waals surface area contributed by atoms with E-state index in [0.717, 1.165) is 12.8 Å². The van der Waals surface area contributed by atoms with Gasteiger partial charge in [-0.3, -0.25) is 0 Å². The van der Waals surface area contributed by atoms with Crippen molar-refractivity contribution in [2.75, 3.05) is 0 Å². The molecule has 2 nitrogen and oxygen atoms in total. The van der Waals surface area contributed by atoms with Crippen molar-refractivity contribution in [2.24, 2.45) is 0 Å². The highest BCUT2D eigenvalue weighted by molar-refractivity contribution is 5.83. The molecule has 16 heavy (non-hydrogen) atoms. The number of rotatable bonds is 11. The summed E-state index contributed by atoms with van der Waals surface area (Å²) >= 11 is 0. The zero-order valence-corrected chi connectivity index (χ0v) is 10.6. The van der Waals surface area contributed by atoms with Gasteiger partial charge in [0.05, 0.1) is 5.97 Å². The van der Waals surface area contributed by atoms with Crippen LogP contribution in [-0.4, -0.2) is 5.97 Å². The second kappa shape index (κ2) is 10.7. The largest absolute Gasteiger partial charge is 0.545 e. The van der Waals surface area contributed by atoms with E-state index in [0.29, 0.717) is 6.42 Å². The van der Waals surface area contributed by atoms with Gasteiger partial charge in [0.1, 0.15) is 0 Å². The fraction of sp³-hybridized carbons (Fsp3) is 0.786. The maximum atomic E-state index is 10.4. The first-order valence-corrected chi connectivity index (χ1v) is 6.57. The van der Waals surface area contributed by atoms with Gasteiger partial charge in [0, 0.05) is 0 Å². The summed E-state index contributed by atoms with van der Waals surface area (Å²) in [5.74, 6) is -1.10. The Bertz CT molecular complexity index is 197. The monoisotopic (exact) mass is 225 g/mol. The SMILES string of the molecule is C=C(CCCCCCCCCCC)C(=O)[O-]. The Morgan fingerprint density at radius 1 is 0.938 bits per heavy atom. The maximum absolute atomic E-state index is 10.4. The standard InChI is InChI=1S/C14H26O2/c1-3-4-5-6-7-8-9-10-11-12-13(2)14(15)16/h2-12H2,1H3,(H,15,16)/p-1. The molecule has 2 heteroatoms. The average Bonchev–Trinajstić information content (AvgIpc) is 2.26. The Morgan fingerprint density at radius 2 is 1.38 bits per heavy atom. The van der Waals surface area contributed by atoms with Crippen LogP contribution in [0.15, 0.2) is 12.2 Å². The van der Waals surface area contributed by atoms with Crippen molar-refractivity contribution in [3.63, 3.8) is 0 Å². The molecule has 0 aliphatic rings. The van der Waals surface area contributed by atoms with Gasteiger partial charge in [-0.05, 0) is 18.4 Å². The molecule has 0 bridgehead atoms. The molecule has 0 rings (SSSR count). The van der Waals surface area contributed by atoms with E-state index >= 15 is 0 Å².